The molecule has 0 aromatic heterocycles. The van der Waals surface area contributed by atoms with Crippen LogP contribution in [0.4, 0.5) is 5.69 Å². The van der Waals surface area contributed by atoms with E-state index in [-0.39, 0.29) is 5.91 Å². The number of rotatable bonds is 3. The molecule has 3 heteroatoms. The number of anilines is 1. The van der Waals surface area contributed by atoms with Crippen LogP contribution in [0.3, 0.4) is 0 Å². The number of carbonyl (C=O) groups excluding carboxylic acids is 2. The summed E-state index contributed by atoms with van der Waals surface area (Å²) >= 11 is 0. The Labute approximate surface area is 111 Å². The SMILES string of the molecule is C=CC(=O)N(C(=O)c1ccccc1)c1ccccc1. The van der Waals surface area contributed by atoms with Gasteiger partial charge in [0, 0.05) is 5.56 Å². The molecule has 2 aromatic carbocycles. The second-order valence-electron chi connectivity index (χ2n) is 3.88. The predicted octanol–water partition coefficient (Wildman–Crippen LogP) is 3.05. The molecule has 3 nitrogen and oxygen atoms in total. The molecule has 0 saturated heterocycles. The second-order valence-corrected chi connectivity index (χ2v) is 3.88. The summed E-state index contributed by atoms with van der Waals surface area (Å²) in [6.45, 7) is 3.44. The summed E-state index contributed by atoms with van der Waals surface area (Å²) in [7, 11) is 0. The van der Waals surface area contributed by atoms with E-state index in [0.29, 0.717) is 11.3 Å². The Kier molecular flexibility index (Phi) is 3.88. The minimum Gasteiger partial charge on any atom is -0.269 e. The molecule has 0 radical (unpaired) electrons. The summed E-state index contributed by atoms with van der Waals surface area (Å²) < 4.78 is 0. The van der Waals surface area contributed by atoms with Gasteiger partial charge < -0.3 is 0 Å². The van der Waals surface area contributed by atoms with Crippen LogP contribution >= 0.6 is 0 Å². The van der Waals surface area contributed by atoms with Crippen LogP contribution in [0, 0.1) is 0 Å². The van der Waals surface area contributed by atoms with Crippen molar-refractivity contribution in [1.29, 1.82) is 0 Å². The van der Waals surface area contributed by atoms with Crippen molar-refractivity contribution in [2.24, 2.45) is 0 Å². The molecule has 2 rings (SSSR count). The topological polar surface area (TPSA) is 37.4 Å². The fourth-order valence-corrected chi connectivity index (χ4v) is 1.72. The molecule has 0 aliphatic rings. The van der Waals surface area contributed by atoms with Crippen LogP contribution in [0.1, 0.15) is 10.4 Å². The maximum atomic E-state index is 12.4. The molecule has 0 aliphatic carbocycles. The van der Waals surface area contributed by atoms with E-state index in [4.69, 9.17) is 0 Å². The normalized spacial score (nSPS) is 9.68. The van der Waals surface area contributed by atoms with Gasteiger partial charge >= 0.3 is 0 Å². The van der Waals surface area contributed by atoms with Crippen LogP contribution in [-0.4, -0.2) is 11.8 Å². The lowest BCUT2D eigenvalue weighted by Gasteiger charge is -2.19. The first-order valence-corrected chi connectivity index (χ1v) is 5.85. The van der Waals surface area contributed by atoms with Crippen molar-refractivity contribution in [2.75, 3.05) is 4.90 Å². The Balaban J connectivity index is 2.42. The third-order valence-electron chi connectivity index (χ3n) is 2.63. The average molecular weight is 251 g/mol. The van der Waals surface area contributed by atoms with Crippen LogP contribution in [0.5, 0.6) is 0 Å². The highest BCUT2D eigenvalue weighted by molar-refractivity contribution is 6.23. The zero-order valence-electron chi connectivity index (χ0n) is 10.3. The minimum atomic E-state index is -0.444. The summed E-state index contributed by atoms with van der Waals surface area (Å²) in [6, 6.07) is 17.5. The van der Waals surface area contributed by atoms with E-state index in [1.807, 2.05) is 12.1 Å². The smallest absolute Gasteiger partial charge is 0.265 e. The minimum absolute atomic E-state index is 0.364. The Bertz CT molecular complexity index is 591. The zero-order chi connectivity index (χ0) is 13.7. The van der Waals surface area contributed by atoms with E-state index < -0.39 is 5.91 Å². The first-order valence-electron chi connectivity index (χ1n) is 5.85. The largest absolute Gasteiger partial charge is 0.269 e. The van der Waals surface area contributed by atoms with E-state index in [1.165, 1.54) is 0 Å². The van der Waals surface area contributed by atoms with Crippen LogP contribution in [0.25, 0.3) is 0 Å². The van der Waals surface area contributed by atoms with E-state index in [1.54, 1.807) is 48.5 Å². The summed E-state index contributed by atoms with van der Waals surface area (Å²) in [4.78, 5) is 25.4. The maximum Gasteiger partial charge on any atom is 0.265 e. The highest BCUT2D eigenvalue weighted by atomic mass is 16.2. The summed E-state index contributed by atoms with van der Waals surface area (Å²) in [5, 5.41) is 0. The van der Waals surface area contributed by atoms with E-state index in [0.717, 1.165) is 11.0 Å². The third-order valence-corrected chi connectivity index (χ3v) is 2.63. The highest BCUT2D eigenvalue weighted by Crippen LogP contribution is 2.17. The Morgan fingerprint density at radius 1 is 0.895 bits per heavy atom. The van der Waals surface area contributed by atoms with Crippen molar-refractivity contribution < 1.29 is 9.59 Å². The van der Waals surface area contributed by atoms with Gasteiger partial charge in [-0.2, -0.15) is 0 Å². The lowest BCUT2D eigenvalue weighted by molar-refractivity contribution is -0.113. The number of hydrogen-bond donors (Lipinski definition) is 0. The molecule has 0 unspecified atom stereocenters. The van der Waals surface area contributed by atoms with Gasteiger partial charge in [0.05, 0.1) is 5.69 Å². The van der Waals surface area contributed by atoms with Crippen molar-refractivity contribution in [2.45, 2.75) is 0 Å². The van der Waals surface area contributed by atoms with Gasteiger partial charge in [0.1, 0.15) is 0 Å². The molecule has 0 N–H and O–H groups in total. The average Bonchev–Trinajstić information content (AvgIpc) is 2.49. The predicted molar refractivity (Wildman–Crippen MR) is 74.9 cm³/mol. The van der Waals surface area contributed by atoms with Crippen molar-refractivity contribution in [3.05, 3.63) is 78.9 Å². The fourth-order valence-electron chi connectivity index (χ4n) is 1.72. The van der Waals surface area contributed by atoms with Gasteiger partial charge in [0.15, 0.2) is 0 Å². The molecule has 0 heterocycles. The number of hydrogen-bond acceptors (Lipinski definition) is 2. The second kappa shape index (κ2) is 5.78. The molecule has 0 spiro atoms. The van der Waals surface area contributed by atoms with Gasteiger partial charge in [-0.05, 0) is 30.3 Å². The highest BCUT2D eigenvalue weighted by Gasteiger charge is 2.22. The number of benzene rings is 2. The Morgan fingerprint density at radius 3 is 1.95 bits per heavy atom. The van der Waals surface area contributed by atoms with Crippen LogP contribution in [-0.2, 0) is 4.79 Å². The zero-order valence-corrected chi connectivity index (χ0v) is 10.3. The lowest BCUT2D eigenvalue weighted by atomic mass is 10.1. The number of nitrogens with zero attached hydrogens (tertiary/aromatic N) is 1. The molecule has 0 saturated carbocycles. The van der Waals surface area contributed by atoms with Crippen LogP contribution < -0.4 is 4.90 Å². The van der Waals surface area contributed by atoms with E-state index in [9.17, 15) is 9.59 Å². The summed E-state index contributed by atoms with van der Waals surface area (Å²) in [5.41, 5.74) is 0.989. The van der Waals surface area contributed by atoms with Gasteiger partial charge in [-0.3, -0.25) is 9.59 Å². The molecule has 0 bridgehead atoms. The van der Waals surface area contributed by atoms with Gasteiger partial charge in [-0.1, -0.05) is 43.0 Å². The molecular weight excluding hydrogens is 238 g/mol. The van der Waals surface area contributed by atoms with Crippen LogP contribution in [0.15, 0.2) is 73.3 Å². The van der Waals surface area contributed by atoms with Crippen molar-refractivity contribution >= 4 is 17.5 Å². The van der Waals surface area contributed by atoms with Crippen molar-refractivity contribution in [1.82, 2.24) is 0 Å². The van der Waals surface area contributed by atoms with Gasteiger partial charge in [-0.25, -0.2) is 4.90 Å². The molecule has 0 aliphatic heterocycles. The summed E-state index contributed by atoms with van der Waals surface area (Å²) in [6.07, 6.45) is 1.13. The molecule has 19 heavy (non-hydrogen) atoms. The molecule has 94 valence electrons. The fraction of sp³-hybridized carbons (Fsp3) is 0. The summed E-state index contributed by atoms with van der Waals surface area (Å²) in [5.74, 6) is -0.809. The van der Waals surface area contributed by atoms with E-state index in [2.05, 4.69) is 6.58 Å². The molecule has 0 atom stereocenters. The van der Waals surface area contributed by atoms with Gasteiger partial charge in [-0.15, -0.1) is 0 Å². The van der Waals surface area contributed by atoms with E-state index >= 15 is 0 Å². The Morgan fingerprint density at radius 2 is 1.42 bits per heavy atom. The molecule has 2 aromatic rings. The van der Waals surface area contributed by atoms with Gasteiger partial charge in [0.2, 0.25) is 0 Å². The number of amides is 2. The quantitative estimate of drug-likeness (QED) is 0.786. The lowest BCUT2D eigenvalue weighted by Crippen LogP contribution is -2.35. The molecular formula is C16H13NO2. The Hall–Kier alpha value is -2.68. The monoisotopic (exact) mass is 251 g/mol. The first-order chi connectivity index (χ1) is 9.24. The number of imide groups is 1. The molecule has 0 fully saturated rings. The number of para-hydroxylation sites is 1. The van der Waals surface area contributed by atoms with Crippen molar-refractivity contribution in [3.8, 4) is 0 Å². The van der Waals surface area contributed by atoms with Gasteiger partial charge in [0.25, 0.3) is 11.8 Å². The standard InChI is InChI=1S/C16H13NO2/c1-2-15(18)17(14-11-7-4-8-12-14)16(19)13-9-5-3-6-10-13/h2-12H,1H2. The first kappa shape index (κ1) is 12.8. The molecule has 2 amide bonds. The third kappa shape index (κ3) is 2.77. The maximum absolute atomic E-state index is 12.4. The van der Waals surface area contributed by atoms with Crippen LogP contribution in [0.2, 0.25) is 0 Å². The van der Waals surface area contributed by atoms with Crippen molar-refractivity contribution in [3.63, 3.8) is 0 Å². The number of carbonyl (C=O) groups is 2.